The first-order chi connectivity index (χ1) is 11.7. The normalized spacial score (nSPS) is 15.3. The van der Waals surface area contributed by atoms with Crippen LogP contribution in [0.4, 0.5) is 5.69 Å². The molecule has 0 saturated carbocycles. The van der Waals surface area contributed by atoms with Gasteiger partial charge in [0.1, 0.15) is 0 Å². The summed E-state index contributed by atoms with van der Waals surface area (Å²) in [7, 11) is 5.31. The molecule has 3 rings (SSSR count). The van der Waals surface area contributed by atoms with E-state index in [4.69, 9.17) is 7.98 Å². The van der Waals surface area contributed by atoms with Crippen molar-refractivity contribution in [1.82, 2.24) is 14.8 Å². The molecule has 1 aliphatic heterocycles. The van der Waals surface area contributed by atoms with E-state index in [2.05, 4.69) is 39.7 Å². The predicted octanol–water partition coefficient (Wildman–Crippen LogP) is 0.992. The Morgan fingerprint density at radius 2 is 1.79 bits per heavy atom. The number of piperazine rings is 1. The van der Waals surface area contributed by atoms with E-state index in [0.717, 1.165) is 39.1 Å². The highest BCUT2D eigenvalue weighted by molar-refractivity contribution is 6.15. The molecular formula is C18H23BN4O. The third-order valence-electron chi connectivity index (χ3n) is 4.44. The van der Waals surface area contributed by atoms with Crippen LogP contribution in [0.5, 0.6) is 0 Å². The topological polar surface area (TPSA) is 49.3 Å². The van der Waals surface area contributed by atoms with Crippen molar-refractivity contribution in [2.75, 3.05) is 31.4 Å². The minimum atomic E-state index is -0.0409. The number of hydrogen-bond donors (Lipinski definition) is 2. The molecule has 1 aromatic carbocycles. The SMILES string of the molecule is [B]Nc1ccn(CCc2ccc(CN3CCNCC3)cc2)c(=O)c1. The van der Waals surface area contributed by atoms with Crippen molar-refractivity contribution in [1.29, 1.82) is 0 Å². The molecule has 0 aliphatic carbocycles. The zero-order valence-electron chi connectivity index (χ0n) is 13.9. The number of nitrogens with one attached hydrogen (secondary N) is 2. The van der Waals surface area contributed by atoms with Crippen molar-refractivity contribution < 1.29 is 0 Å². The van der Waals surface area contributed by atoms with Gasteiger partial charge in [0.25, 0.3) is 5.56 Å². The largest absolute Gasteiger partial charge is 0.437 e. The maximum atomic E-state index is 12.0. The average Bonchev–Trinajstić information content (AvgIpc) is 2.63. The van der Waals surface area contributed by atoms with Gasteiger partial charge in [-0.2, -0.15) is 0 Å². The molecule has 2 aromatic rings. The summed E-state index contributed by atoms with van der Waals surface area (Å²) in [4.78, 5) is 14.4. The molecule has 5 nitrogen and oxygen atoms in total. The summed E-state index contributed by atoms with van der Waals surface area (Å²) in [6.45, 7) is 6.04. The quantitative estimate of drug-likeness (QED) is 0.779. The van der Waals surface area contributed by atoms with Crippen LogP contribution in [0.3, 0.4) is 0 Å². The lowest BCUT2D eigenvalue weighted by Gasteiger charge is -2.27. The first kappa shape index (κ1) is 16.8. The van der Waals surface area contributed by atoms with Gasteiger partial charge in [0.2, 0.25) is 7.98 Å². The number of rotatable bonds is 6. The van der Waals surface area contributed by atoms with Crippen LogP contribution in [0, 0.1) is 0 Å². The van der Waals surface area contributed by atoms with Crippen molar-refractivity contribution in [3.8, 4) is 0 Å². The fraction of sp³-hybridized carbons (Fsp3) is 0.389. The first-order valence-corrected chi connectivity index (χ1v) is 8.42. The lowest BCUT2D eigenvalue weighted by molar-refractivity contribution is 0.233. The van der Waals surface area contributed by atoms with Crippen LogP contribution in [0.25, 0.3) is 0 Å². The Kier molecular flexibility index (Phi) is 5.72. The predicted molar refractivity (Wildman–Crippen MR) is 98.4 cm³/mol. The highest BCUT2D eigenvalue weighted by atomic mass is 16.1. The maximum Gasteiger partial charge on any atom is 0.252 e. The van der Waals surface area contributed by atoms with Crippen molar-refractivity contribution in [3.63, 3.8) is 0 Å². The van der Waals surface area contributed by atoms with Gasteiger partial charge in [0.05, 0.1) is 0 Å². The van der Waals surface area contributed by atoms with Crippen molar-refractivity contribution in [3.05, 3.63) is 64.1 Å². The Labute approximate surface area is 144 Å². The molecule has 1 aliphatic rings. The molecule has 0 spiro atoms. The summed E-state index contributed by atoms with van der Waals surface area (Å²) < 4.78 is 1.70. The molecule has 24 heavy (non-hydrogen) atoms. The highest BCUT2D eigenvalue weighted by Crippen LogP contribution is 2.09. The Morgan fingerprint density at radius 1 is 1.08 bits per heavy atom. The Bertz CT molecular complexity index is 708. The molecule has 0 bridgehead atoms. The number of pyridine rings is 1. The van der Waals surface area contributed by atoms with Crippen molar-refractivity contribution >= 4 is 13.7 Å². The minimum absolute atomic E-state index is 0.0409. The zero-order chi connectivity index (χ0) is 16.8. The van der Waals surface area contributed by atoms with E-state index in [-0.39, 0.29) is 5.56 Å². The van der Waals surface area contributed by atoms with Gasteiger partial charge in [-0.1, -0.05) is 24.3 Å². The second-order valence-electron chi connectivity index (χ2n) is 6.18. The molecule has 124 valence electrons. The first-order valence-electron chi connectivity index (χ1n) is 8.42. The lowest BCUT2D eigenvalue weighted by atomic mass is 10.1. The van der Waals surface area contributed by atoms with Crippen molar-refractivity contribution in [2.45, 2.75) is 19.5 Å². The molecule has 0 unspecified atom stereocenters. The molecule has 1 aromatic heterocycles. The molecule has 2 N–H and O–H groups in total. The fourth-order valence-electron chi connectivity index (χ4n) is 2.97. The van der Waals surface area contributed by atoms with Crippen LogP contribution in [-0.2, 0) is 19.5 Å². The Balaban J connectivity index is 1.55. The summed E-state index contributed by atoms with van der Waals surface area (Å²) in [5, 5.41) is 5.86. The molecule has 1 fully saturated rings. The van der Waals surface area contributed by atoms with Gasteiger partial charge >= 0.3 is 0 Å². The van der Waals surface area contributed by atoms with Crippen LogP contribution in [-0.4, -0.2) is 43.6 Å². The van der Waals surface area contributed by atoms with E-state index in [1.807, 2.05) is 0 Å². The number of aromatic nitrogens is 1. The molecule has 0 atom stereocenters. The minimum Gasteiger partial charge on any atom is -0.437 e. The monoisotopic (exact) mass is 322 g/mol. The highest BCUT2D eigenvalue weighted by Gasteiger charge is 2.09. The summed E-state index contributed by atoms with van der Waals surface area (Å²) in [5.41, 5.74) is 3.18. The molecular weight excluding hydrogens is 299 g/mol. The van der Waals surface area contributed by atoms with E-state index in [1.165, 1.54) is 17.2 Å². The summed E-state index contributed by atoms with van der Waals surface area (Å²) in [5.74, 6) is 0. The molecule has 6 heteroatoms. The fourth-order valence-corrected chi connectivity index (χ4v) is 2.97. The second kappa shape index (κ2) is 8.17. The van der Waals surface area contributed by atoms with Crippen molar-refractivity contribution in [2.24, 2.45) is 0 Å². The van der Waals surface area contributed by atoms with E-state index >= 15 is 0 Å². The summed E-state index contributed by atoms with van der Waals surface area (Å²) in [6, 6.07) is 12.0. The average molecular weight is 322 g/mol. The molecule has 2 radical (unpaired) electrons. The van der Waals surface area contributed by atoms with Crippen LogP contribution in [0.2, 0.25) is 0 Å². The zero-order valence-corrected chi connectivity index (χ0v) is 13.9. The number of hydrogen-bond acceptors (Lipinski definition) is 4. The molecule has 2 heterocycles. The Hall–Kier alpha value is -2.05. The van der Waals surface area contributed by atoms with E-state index < -0.39 is 0 Å². The second-order valence-corrected chi connectivity index (χ2v) is 6.18. The summed E-state index contributed by atoms with van der Waals surface area (Å²) >= 11 is 0. The van der Waals surface area contributed by atoms with Gasteiger partial charge in [0.15, 0.2) is 0 Å². The van der Waals surface area contributed by atoms with Crippen LogP contribution in [0.15, 0.2) is 47.4 Å². The third-order valence-corrected chi connectivity index (χ3v) is 4.44. The van der Waals surface area contributed by atoms with E-state index in [0.29, 0.717) is 12.2 Å². The number of nitrogens with zero attached hydrogens (tertiary/aromatic N) is 2. The lowest BCUT2D eigenvalue weighted by Crippen LogP contribution is -2.42. The van der Waals surface area contributed by atoms with Crippen LogP contribution >= 0.6 is 0 Å². The van der Waals surface area contributed by atoms with Gasteiger partial charge in [-0.15, -0.1) is 0 Å². The van der Waals surface area contributed by atoms with Gasteiger partial charge in [0, 0.05) is 57.2 Å². The van der Waals surface area contributed by atoms with Gasteiger partial charge < -0.3 is 15.1 Å². The van der Waals surface area contributed by atoms with Crippen LogP contribution < -0.4 is 16.1 Å². The third kappa shape index (κ3) is 4.49. The van der Waals surface area contributed by atoms with E-state index in [1.54, 1.807) is 16.8 Å². The molecule has 0 amide bonds. The van der Waals surface area contributed by atoms with Gasteiger partial charge in [-0.05, 0) is 23.6 Å². The Morgan fingerprint density at radius 3 is 2.46 bits per heavy atom. The molecule has 1 saturated heterocycles. The van der Waals surface area contributed by atoms with E-state index in [9.17, 15) is 4.79 Å². The number of anilines is 1. The van der Waals surface area contributed by atoms with Crippen LogP contribution in [0.1, 0.15) is 11.1 Å². The van der Waals surface area contributed by atoms with Gasteiger partial charge in [-0.25, -0.2) is 0 Å². The smallest absolute Gasteiger partial charge is 0.252 e. The maximum absolute atomic E-state index is 12.0. The summed E-state index contributed by atoms with van der Waals surface area (Å²) in [6.07, 6.45) is 2.61. The number of aryl methyl sites for hydroxylation is 2. The standard InChI is InChI=1S/C18H23BN4O/c19-21-17-6-10-23(18(24)13-17)9-5-15-1-3-16(4-2-15)14-22-11-7-20-8-12-22/h1-4,6,10,13,20-21H,5,7-9,11-12,14H2. The van der Waals surface area contributed by atoms with Gasteiger partial charge in [-0.3, -0.25) is 9.69 Å². The number of benzene rings is 1.